The molecular formula is C28H48N4O11S. The number of aromatic nitrogens is 2. The highest BCUT2D eigenvalue weighted by atomic mass is 32.2. The largest absolute Gasteiger partial charge is 0.480 e. The van der Waals surface area contributed by atoms with Crippen molar-refractivity contribution in [2.45, 2.75) is 44.1 Å². The molecule has 0 saturated carbocycles. The van der Waals surface area contributed by atoms with E-state index < -0.39 is 17.3 Å². The fourth-order valence-corrected chi connectivity index (χ4v) is 4.86. The Morgan fingerprint density at radius 3 is 1.84 bits per heavy atom. The van der Waals surface area contributed by atoms with Crippen LogP contribution in [0.5, 0.6) is 0 Å². The first-order valence-electron chi connectivity index (χ1n) is 14.9. The molecule has 1 aliphatic rings. The van der Waals surface area contributed by atoms with Crippen molar-refractivity contribution in [3.63, 3.8) is 0 Å². The molecule has 44 heavy (non-hydrogen) atoms. The third kappa shape index (κ3) is 16.8. The third-order valence-electron chi connectivity index (χ3n) is 6.08. The maximum atomic E-state index is 12.6. The molecular weight excluding hydrogens is 600 g/mol. The molecule has 1 aromatic heterocycles. The molecule has 2 amide bonds. The molecule has 0 aliphatic carbocycles. The minimum atomic E-state index is -1.14. The van der Waals surface area contributed by atoms with Gasteiger partial charge in [-0.1, -0.05) is 6.92 Å². The summed E-state index contributed by atoms with van der Waals surface area (Å²) in [6, 6.07) is -1.08. The minimum absolute atomic E-state index is 0.0243. The van der Waals surface area contributed by atoms with Gasteiger partial charge < -0.3 is 48.6 Å². The van der Waals surface area contributed by atoms with Crippen LogP contribution in [0.3, 0.4) is 0 Å². The first-order valence-corrected chi connectivity index (χ1v) is 16.0. The maximum absolute atomic E-state index is 12.6. The Morgan fingerprint density at radius 2 is 1.36 bits per heavy atom. The number of hydrogen-bond donors (Lipinski definition) is 2. The fraction of sp³-hybridized carbons (Fsp3) is 0.786. The van der Waals surface area contributed by atoms with Crippen LogP contribution in [0, 0.1) is 0 Å². The van der Waals surface area contributed by atoms with Crippen LogP contribution < -0.4 is 5.73 Å². The maximum Gasteiger partial charge on any atom is 0.321 e. The van der Waals surface area contributed by atoms with Gasteiger partial charge >= 0.3 is 5.97 Å². The van der Waals surface area contributed by atoms with Gasteiger partial charge in [-0.2, -0.15) is 0 Å². The average Bonchev–Trinajstić information content (AvgIpc) is 3.57. The van der Waals surface area contributed by atoms with Gasteiger partial charge in [-0.05, 0) is 6.42 Å². The number of carboxylic acids is 1. The summed E-state index contributed by atoms with van der Waals surface area (Å²) < 4.78 is 40.0. The number of carboxylic acid groups (broad SMARTS) is 1. The predicted octanol–water partition coefficient (Wildman–Crippen LogP) is 0.182. The van der Waals surface area contributed by atoms with E-state index in [2.05, 4.69) is 11.9 Å². The van der Waals surface area contributed by atoms with Crippen LogP contribution in [0.1, 0.15) is 25.5 Å². The van der Waals surface area contributed by atoms with Crippen molar-refractivity contribution in [1.29, 1.82) is 0 Å². The van der Waals surface area contributed by atoms with E-state index in [4.69, 9.17) is 44.0 Å². The molecule has 252 valence electrons. The zero-order chi connectivity index (χ0) is 31.8. The van der Waals surface area contributed by atoms with Crippen LogP contribution in [0.2, 0.25) is 0 Å². The molecule has 1 saturated heterocycles. The van der Waals surface area contributed by atoms with E-state index in [-0.39, 0.29) is 30.5 Å². The second kappa shape index (κ2) is 24.1. The number of rotatable bonds is 29. The summed E-state index contributed by atoms with van der Waals surface area (Å²) in [6.45, 7) is 9.95. The molecule has 2 rings (SSSR count). The van der Waals surface area contributed by atoms with Gasteiger partial charge in [-0.3, -0.25) is 19.3 Å². The van der Waals surface area contributed by atoms with Crippen molar-refractivity contribution < 1.29 is 52.6 Å². The average molecular weight is 649 g/mol. The van der Waals surface area contributed by atoms with Gasteiger partial charge in [-0.25, -0.2) is 4.98 Å². The molecule has 0 spiro atoms. The number of thioether (sulfide) groups is 1. The normalized spacial score (nSPS) is 15.9. The fourth-order valence-electron chi connectivity index (χ4n) is 3.75. The molecule has 0 aromatic carbocycles. The van der Waals surface area contributed by atoms with Crippen LogP contribution in [0.25, 0.3) is 0 Å². The molecule has 2 unspecified atom stereocenters. The topological polar surface area (TPSA) is 183 Å². The second-order valence-corrected chi connectivity index (χ2v) is 10.9. The Morgan fingerprint density at radius 1 is 0.886 bits per heavy atom. The molecule has 1 aliphatic heterocycles. The quantitative estimate of drug-likeness (QED) is 0.0886. The van der Waals surface area contributed by atoms with E-state index in [1.165, 1.54) is 0 Å². The SMILES string of the molecule is CCCOCCOCCOCCOCCOCCOCCOCCn1cnc(CN2C(=O)CC(SCC(N)C(=O)O)C2=O)c1. The Kier molecular flexibility index (Phi) is 20.9. The number of hydrogen-bond acceptors (Lipinski definition) is 13. The molecule has 2 atom stereocenters. The minimum Gasteiger partial charge on any atom is -0.480 e. The lowest BCUT2D eigenvalue weighted by Gasteiger charge is -2.14. The monoisotopic (exact) mass is 648 g/mol. The Bertz CT molecular complexity index is 939. The second-order valence-electron chi connectivity index (χ2n) is 9.68. The number of nitrogens with zero attached hydrogens (tertiary/aromatic N) is 3. The van der Waals surface area contributed by atoms with Crippen LogP contribution >= 0.6 is 11.8 Å². The molecule has 0 bridgehead atoms. The van der Waals surface area contributed by atoms with Crippen molar-refractivity contribution >= 4 is 29.5 Å². The number of likely N-dealkylation sites (tertiary alicyclic amines) is 1. The predicted molar refractivity (Wildman–Crippen MR) is 160 cm³/mol. The smallest absolute Gasteiger partial charge is 0.321 e. The van der Waals surface area contributed by atoms with Crippen LogP contribution in [0.15, 0.2) is 12.5 Å². The summed E-state index contributed by atoms with van der Waals surface area (Å²) in [7, 11) is 0. The van der Waals surface area contributed by atoms with Crippen molar-refractivity contribution in [1.82, 2.24) is 14.5 Å². The highest BCUT2D eigenvalue weighted by molar-refractivity contribution is 8.00. The molecule has 1 fully saturated rings. The lowest BCUT2D eigenvalue weighted by molar-refractivity contribution is -0.139. The van der Waals surface area contributed by atoms with E-state index in [0.717, 1.165) is 29.7 Å². The van der Waals surface area contributed by atoms with Gasteiger partial charge in [0.15, 0.2) is 0 Å². The number of carbonyl (C=O) groups excluding carboxylic acids is 2. The molecule has 0 radical (unpaired) electrons. The van der Waals surface area contributed by atoms with E-state index in [1.54, 1.807) is 12.5 Å². The third-order valence-corrected chi connectivity index (χ3v) is 7.40. The van der Waals surface area contributed by atoms with Gasteiger partial charge in [0.2, 0.25) is 11.8 Å². The zero-order valence-corrected chi connectivity index (χ0v) is 26.4. The van der Waals surface area contributed by atoms with Crippen molar-refractivity contribution in [2.24, 2.45) is 5.73 Å². The Labute approximate surface area is 262 Å². The summed E-state index contributed by atoms with van der Waals surface area (Å²) >= 11 is 1.09. The lowest BCUT2D eigenvalue weighted by Crippen LogP contribution is -2.34. The number of carbonyl (C=O) groups is 3. The van der Waals surface area contributed by atoms with Crippen molar-refractivity contribution in [3.8, 4) is 0 Å². The van der Waals surface area contributed by atoms with Crippen molar-refractivity contribution in [2.75, 3.05) is 98.2 Å². The lowest BCUT2D eigenvalue weighted by atomic mass is 10.3. The zero-order valence-electron chi connectivity index (χ0n) is 25.6. The molecule has 15 nitrogen and oxygen atoms in total. The summed E-state index contributed by atoms with van der Waals surface area (Å²) in [5, 5.41) is 8.27. The first-order chi connectivity index (χ1) is 21.4. The number of ether oxygens (including phenoxy) is 7. The Hall–Kier alpha value is -2.15. The van der Waals surface area contributed by atoms with E-state index in [0.29, 0.717) is 98.1 Å². The molecule has 3 N–H and O–H groups in total. The Balaban J connectivity index is 1.38. The highest BCUT2D eigenvalue weighted by Gasteiger charge is 2.39. The van der Waals surface area contributed by atoms with Gasteiger partial charge in [0.1, 0.15) is 6.04 Å². The van der Waals surface area contributed by atoms with Crippen molar-refractivity contribution in [3.05, 3.63) is 18.2 Å². The van der Waals surface area contributed by atoms with E-state index >= 15 is 0 Å². The number of imide groups is 1. The standard InChI is InChI=1S/C28H48N4O11S/c1-2-4-37-6-8-39-10-12-41-14-16-43-17-15-42-13-11-40-9-7-38-5-3-31-19-23(30-22-31)20-32-26(33)18-25(27(32)34)44-21-24(29)28(35)36/h19,22,24-25H,2-18,20-21,29H2,1H3,(H,35,36). The summed E-state index contributed by atoms with van der Waals surface area (Å²) in [5.41, 5.74) is 6.07. The first kappa shape index (κ1) is 38.0. The van der Waals surface area contributed by atoms with Crippen LogP contribution in [-0.4, -0.2) is 147 Å². The number of nitrogens with two attached hydrogens (primary N) is 1. The summed E-state index contributed by atoms with van der Waals surface area (Å²) in [4.78, 5) is 41.2. The van der Waals surface area contributed by atoms with Gasteiger partial charge in [0.25, 0.3) is 0 Å². The summed E-state index contributed by atoms with van der Waals surface area (Å²) in [5.74, 6) is -1.75. The molecule has 16 heteroatoms. The molecule has 1 aromatic rings. The molecule has 2 heterocycles. The van der Waals surface area contributed by atoms with Gasteiger partial charge in [0.05, 0.1) is 110 Å². The van der Waals surface area contributed by atoms with Crippen LogP contribution in [0.4, 0.5) is 0 Å². The van der Waals surface area contributed by atoms with E-state index in [1.807, 2.05) is 4.57 Å². The van der Waals surface area contributed by atoms with Gasteiger partial charge in [-0.15, -0.1) is 11.8 Å². The highest BCUT2D eigenvalue weighted by Crippen LogP contribution is 2.26. The number of aliphatic carboxylic acids is 1. The van der Waals surface area contributed by atoms with E-state index in [9.17, 15) is 14.4 Å². The van der Waals surface area contributed by atoms with Gasteiger partial charge in [0, 0.05) is 31.5 Å². The number of imidazole rings is 1. The summed E-state index contributed by atoms with van der Waals surface area (Å²) in [6.07, 6.45) is 4.42. The number of amides is 2. The van der Waals surface area contributed by atoms with Crippen LogP contribution in [-0.2, 0) is 60.6 Å².